The van der Waals surface area contributed by atoms with Crippen LogP contribution in [-0.4, -0.2) is 35.8 Å². The van der Waals surface area contributed by atoms with Gasteiger partial charge in [-0.2, -0.15) is 0 Å². The van der Waals surface area contributed by atoms with Crippen molar-refractivity contribution in [2.75, 3.05) is 25.0 Å². The second kappa shape index (κ2) is 7.15. The van der Waals surface area contributed by atoms with Crippen molar-refractivity contribution in [2.24, 2.45) is 5.92 Å². The van der Waals surface area contributed by atoms with E-state index in [-0.39, 0.29) is 12.5 Å². The van der Waals surface area contributed by atoms with Gasteiger partial charge in [0.2, 0.25) is 0 Å². The summed E-state index contributed by atoms with van der Waals surface area (Å²) in [5.41, 5.74) is 0. The lowest BCUT2D eigenvalue weighted by Gasteiger charge is -2.31. The summed E-state index contributed by atoms with van der Waals surface area (Å²) in [6.45, 7) is 1.74. The first-order chi connectivity index (χ1) is 9.19. The maximum Gasteiger partial charge on any atom is 0.260 e. The Balaban J connectivity index is 1.79. The number of carbonyl (C=O) groups is 1. The molecule has 0 radical (unpaired) electrons. The average molecular weight is 347 g/mol. The van der Waals surface area contributed by atoms with Crippen LogP contribution in [-0.2, 0) is 4.79 Å². The van der Waals surface area contributed by atoms with Gasteiger partial charge >= 0.3 is 0 Å². The molecule has 1 aromatic carbocycles. The van der Waals surface area contributed by atoms with Crippen molar-refractivity contribution >= 4 is 33.4 Å². The molecule has 0 unspecified atom stereocenters. The Morgan fingerprint density at radius 2 is 2.16 bits per heavy atom. The second-order valence-electron chi connectivity index (χ2n) is 4.72. The fourth-order valence-electron chi connectivity index (χ4n) is 2.13. The lowest BCUT2D eigenvalue weighted by molar-refractivity contribution is -0.134. The van der Waals surface area contributed by atoms with Gasteiger partial charge in [0.15, 0.2) is 6.61 Å². The van der Waals surface area contributed by atoms with E-state index in [4.69, 9.17) is 16.3 Å². The number of carbonyl (C=O) groups excluding carboxylic acids is 1. The summed E-state index contributed by atoms with van der Waals surface area (Å²) in [6, 6.07) is 7.10. The van der Waals surface area contributed by atoms with Crippen molar-refractivity contribution in [3.8, 4) is 5.75 Å². The molecule has 1 saturated heterocycles. The highest BCUT2D eigenvalue weighted by Crippen LogP contribution is 2.20. The summed E-state index contributed by atoms with van der Waals surface area (Å²) >= 11 is 9.36. The molecule has 104 valence electrons. The molecule has 1 amide bonds. The van der Waals surface area contributed by atoms with Crippen molar-refractivity contribution in [2.45, 2.75) is 12.8 Å². The fourth-order valence-corrected chi connectivity index (χ4v) is 2.96. The van der Waals surface area contributed by atoms with Gasteiger partial charge in [0, 0.05) is 23.4 Å². The number of ether oxygens (including phenoxy) is 1. The van der Waals surface area contributed by atoms with E-state index in [9.17, 15) is 4.79 Å². The second-order valence-corrected chi connectivity index (χ2v) is 5.81. The minimum Gasteiger partial charge on any atom is -0.484 e. The van der Waals surface area contributed by atoms with E-state index >= 15 is 0 Å². The van der Waals surface area contributed by atoms with Gasteiger partial charge in [-0.15, -0.1) is 0 Å². The summed E-state index contributed by atoms with van der Waals surface area (Å²) in [7, 11) is 0. The Morgan fingerprint density at radius 1 is 1.42 bits per heavy atom. The maximum atomic E-state index is 12.0. The van der Waals surface area contributed by atoms with Gasteiger partial charge in [0.1, 0.15) is 5.75 Å². The van der Waals surface area contributed by atoms with Crippen LogP contribution in [0.25, 0.3) is 0 Å². The number of piperidine rings is 1. The van der Waals surface area contributed by atoms with Crippen molar-refractivity contribution in [3.05, 3.63) is 29.3 Å². The molecule has 19 heavy (non-hydrogen) atoms. The third-order valence-corrected chi connectivity index (χ3v) is 4.49. The van der Waals surface area contributed by atoms with Crippen molar-refractivity contribution in [1.82, 2.24) is 4.90 Å². The predicted octanol–water partition coefficient (Wildman–Crippen LogP) is 3.35. The van der Waals surface area contributed by atoms with Crippen LogP contribution in [0.15, 0.2) is 24.3 Å². The zero-order chi connectivity index (χ0) is 13.7. The Kier molecular flexibility index (Phi) is 5.52. The molecule has 5 heteroatoms. The lowest BCUT2D eigenvalue weighted by atomic mass is 9.99. The van der Waals surface area contributed by atoms with E-state index in [1.807, 2.05) is 11.0 Å². The van der Waals surface area contributed by atoms with Crippen LogP contribution in [0.4, 0.5) is 0 Å². The molecule has 1 heterocycles. The van der Waals surface area contributed by atoms with E-state index in [1.54, 1.807) is 18.2 Å². The number of halogens is 2. The van der Waals surface area contributed by atoms with Crippen molar-refractivity contribution in [3.63, 3.8) is 0 Å². The Hall–Kier alpha value is -0.740. The lowest BCUT2D eigenvalue weighted by Crippen LogP contribution is -2.41. The predicted molar refractivity (Wildman–Crippen MR) is 80.0 cm³/mol. The Labute approximate surface area is 127 Å². The zero-order valence-electron chi connectivity index (χ0n) is 10.6. The van der Waals surface area contributed by atoms with Gasteiger partial charge in [-0.25, -0.2) is 0 Å². The minimum atomic E-state index is 0.0491. The van der Waals surface area contributed by atoms with Crippen molar-refractivity contribution < 1.29 is 9.53 Å². The van der Waals surface area contributed by atoms with Crippen molar-refractivity contribution in [1.29, 1.82) is 0 Å². The van der Waals surface area contributed by atoms with E-state index < -0.39 is 0 Å². The first-order valence-electron chi connectivity index (χ1n) is 6.41. The highest BCUT2D eigenvalue weighted by atomic mass is 79.9. The molecule has 0 aliphatic carbocycles. The number of nitrogens with zero attached hydrogens (tertiary/aromatic N) is 1. The molecule has 1 aromatic rings. The molecule has 0 aromatic heterocycles. The SMILES string of the molecule is O=C(COc1cccc(Cl)c1)N1CCC(CBr)CC1. The van der Waals surface area contributed by atoms with Crippen LogP contribution in [0.2, 0.25) is 5.02 Å². The number of rotatable bonds is 4. The van der Waals surface area contributed by atoms with E-state index in [0.717, 1.165) is 31.3 Å². The summed E-state index contributed by atoms with van der Waals surface area (Å²) in [5.74, 6) is 1.38. The van der Waals surface area contributed by atoms with E-state index in [1.165, 1.54) is 0 Å². The van der Waals surface area contributed by atoms with E-state index in [0.29, 0.717) is 16.7 Å². The molecule has 1 aliphatic heterocycles. The van der Waals surface area contributed by atoms with Crippen LogP contribution >= 0.6 is 27.5 Å². The molecule has 0 bridgehead atoms. The van der Waals surface area contributed by atoms with Gasteiger partial charge in [-0.3, -0.25) is 4.79 Å². The van der Waals surface area contributed by atoms with Crippen LogP contribution in [0, 0.1) is 5.92 Å². The molecule has 0 spiro atoms. The number of benzene rings is 1. The summed E-state index contributed by atoms with van der Waals surface area (Å²) in [5, 5.41) is 1.64. The van der Waals surface area contributed by atoms with E-state index in [2.05, 4.69) is 15.9 Å². The number of hydrogen-bond donors (Lipinski definition) is 0. The van der Waals surface area contributed by atoms with Crippen LogP contribution in [0.5, 0.6) is 5.75 Å². The maximum absolute atomic E-state index is 12.0. The average Bonchev–Trinajstić information content (AvgIpc) is 2.45. The molecule has 3 nitrogen and oxygen atoms in total. The highest BCUT2D eigenvalue weighted by molar-refractivity contribution is 9.09. The first-order valence-corrected chi connectivity index (χ1v) is 7.91. The molecular weight excluding hydrogens is 330 g/mol. The molecule has 0 atom stereocenters. The van der Waals surface area contributed by atoms with Gasteiger partial charge < -0.3 is 9.64 Å². The Morgan fingerprint density at radius 3 is 2.79 bits per heavy atom. The first kappa shape index (κ1) is 14.7. The van der Waals surface area contributed by atoms with Crippen LogP contribution in [0.1, 0.15) is 12.8 Å². The summed E-state index contributed by atoms with van der Waals surface area (Å²) < 4.78 is 5.47. The van der Waals surface area contributed by atoms with Gasteiger partial charge in [-0.1, -0.05) is 33.6 Å². The Bertz CT molecular complexity index is 433. The number of hydrogen-bond acceptors (Lipinski definition) is 2. The number of amides is 1. The molecule has 0 saturated carbocycles. The number of alkyl halides is 1. The topological polar surface area (TPSA) is 29.5 Å². The standard InChI is InChI=1S/C14H17BrClNO2/c15-9-11-4-6-17(7-5-11)14(18)10-19-13-3-1-2-12(16)8-13/h1-3,8,11H,4-7,9-10H2. The van der Waals surface area contributed by atoms with Gasteiger partial charge in [0.25, 0.3) is 5.91 Å². The normalized spacial score (nSPS) is 16.4. The quantitative estimate of drug-likeness (QED) is 0.783. The third kappa shape index (κ3) is 4.39. The summed E-state index contributed by atoms with van der Waals surface area (Å²) in [4.78, 5) is 13.9. The monoisotopic (exact) mass is 345 g/mol. The smallest absolute Gasteiger partial charge is 0.260 e. The highest BCUT2D eigenvalue weighted by Gasteiger charge is 2.22. The molecule has 2 rings (SSSR count). The van der Waals surface area contributed by atoms with Crippen LogP contribution in [0.3, 0.4) is 0 Å². The number of likely N-dealkylation sites (tertiary alicyclic amines) is 1. The van der Waals surface area contributed by atoms with Crippen LogP contribution < -0.4 is 4.74 Å². The summed E-state index contributed by atoms with van der Waals surface area (Å²) in [6.07, 6.45) is 2.13. The fraction of sp³-hybridized carbons (Fsp3) is 0.500. The van der Waals surface area contributed by atoms with Gasteiger partial charge in [0.05, 0.1) is 0 Å². The molecular formula is C14H17BrClNO2. The zero-order valence-corrected chi connectivity index (χ0v) is 13.0. The van der Waals surface area contributed by atoms with Gasteiger partial charge in [-0.05, 0) is 37.0 Å². The minimum absolute atomic E-state index is 0.0491. The molecule has 0 N–H and O–H groups in total. The largest absolute Gasteiger partial charge is 0.484 e. The molecule has 1 fully saturated rings. The molecule has 1 aliphatic rings. The third-order valence-electron chi connectivity index (χ3n) is 3.34.